The Morgan fingerprint density at radius 2 is 1.07 bits per heavy atom. The molecule has 0 aromatic carbocycles. The predicted molar refractivity (Wildman–Crippen MR) is 105 cm³/mol. The first-order valence-corrected chi connectivity index (χ1v) is 11.0. The number of hydrogen-bond acceptors (Lipinski definition) is 4. The van der Waals surface area contributed by atoms with Gasteiger partial charge in [-0.15, -0.1) is 0 Å². The van der Waals surface area contributed by atoms with Gasteiger partial charge in [-0.05, 0) is 49.4 Å². The Hall–Kier alpha value is -1.58. The zero-order valence-electron chi connectivity index (χ0n) is 17.4. The lowest BCUT2D eigenvalue weighted by Crippen LogP contribution is -2.70. The molecule has 0 heterocycles. The minimum absolute atomic E-state index is 0.00373. The monoisotopic (exact) mass is 384 g/mol. The van der Waals surface area contributed by atoms with Gasteiger partial charge >= 0.3 is 11.9 Å². The Morgan fingerprint density at radius 3 is 1.36 bits per heavy atom. The van der Waals surface area contributed by atoms with E-state index in [1.807, 2.05) is 0 Å². The average molecular weight is 385 g/mol. The fraction of sp³-hybridized carbons (Fsp3) is 0.750. The van der Waals surface area contributed by atoms with Gasteiger partial charge in [0.1, 0.15) is 12.2 Å². The van der Waals surface area contributed by atoms with Gasteiger partial charge in [-0.2, -0.15) is 0 Å². The van der Waals surface area contributed by atoms with Crippen molar-refractivity contribution in [2.45, 2.75) is 65.6 Å². The van der Waals surface area contributed by atoms with Crippen LogP contribution in [0.1, 0.15) is 53.4 Å². The summed E-state index contributed by atoms with van der Waals surface area (Å²) in [7, 11) is 0. The minimum atomic E-state index is -0.365. The van der Waals surface area contributed by atoms with Gasteiger partial charge < -0.3 is 9.47 Å². The van der Waals surface area contributed by atoms with Crippen LogP contribution in [0.2, 0.25) is 0 Å². The molecule has 4 nitrogen and oxygen atoms in total. The second kappa shape index (κ2) is 5.96. The standard InChI is InChI=1S/C24H32O4/c1-23(2)21(27-19(25)17-11-13-5-7-15(17)9-13)24(3,4)22(23)28-20(26)18-12-14-6-8-16(18)10-14/h5-8,13-18,21-22H,9-12H2,1-4H3. The van der Waals surface area contributed by atoms with Crippen molar-refractivity contribution in [2.24, 2.45) is 46.3 Å². The lowest BCUT2D eigenvalue weighted by atomic mass is 9.51. The van der Waals surface area contributed by atoms with Gasteiger partial charge in [0.05, 0.1) is 11.8 Å². The molecule has 6 atom stereocenters. The van der Waals surface area contributed by atoms with E-state index in [0.717, 1.165) is 25.7 Å². The zero-order valence-corrected chi connectivity index (χ0v) is 17.4. The van der Waals surface area contributed by atoms with Gasteiger partial charge in [0.15, 0.2) is 0 Å². The maximum absolute atomic E-state index is 12.9. The summed E-state index contributed by atoms with van der Waals surface area (Å²) in [6.45, 7) is 8.26. The van der Waals surface area contributed by atoms with E-state index in [2.05, 4.69) is 52.0 Å². The van der Waals surface area contributed by atoms with E-state index in [1.165, 1.54) is 0 Å². The molecule has 0 spiro atoms. The van der Waals surface area contributed by atoms with Gasteiger partial charge in [-0.3, -0.25) is 9.59 Å². The van der Waals surface area contributed by atoms with Crippen LogP contribution in [0.3, 0.4) is 0 Å². The molecule has 4 bridgehead atoms. The third-order valence-electron chi connectivity index (χ3n) is 8.33. The van der Waals surface area contributed by atoms with Crippen LogP contribution in [0.5, 0.6) is 0 Å². The van der Waals surface area contributed by atoms with Crippen LogP contribution in [-0.2, 0) is 19.1 Å². The van der Waals surface area contributed by atoms with E-state index < -0.39 is 0 Å². The second-order valence-corrected chi connectivity index (χ2v) is 11.1. The summed E-state index contributed by atoms with van der Waals surface area (Å²) in [5, 5.41) is 0. The van der Waals surface area contributed by atoms with E-state index in [1.54, 1.807) is 0 Å². The number of allylic oxidation sites excluding steroid dienone is 4. The Bertz CT molecular complexity index is 685. The van der Waals surface area contributed by atoms with E-state index >= 15 is 0 Å². The van der Waals surface area contributed by atoms with Crippen molar-refractivity contribution in [2.75, 3.05) is 0 Å². The van der Waals surface area contributed by atoms with Gasteiger partial charge in [0.25, 0.3) is 0 Å². The van der Waals surface area contributed by atoms with Crippen molar-refractivity contribution in [3.63, 3.8) is 0 Å². The maximum atomic E-state index is 12.9. The molecule has 4 heteroatoms. The Labute approximate surface area is 167 Å². The molecule has 28 heavy (non-hydrogen) atoms. The molecule has 0 aromatic rings. The van der Waals surface area contributed by atoms with Crippen LogP contribution < -0.4 is 0 Å². The van der Waals surface area contributed by atoms with Gasteiger partial charge in [-0.25, -0.2) is 0 Å². The number of hydrogen-bond donors (Lipinski definition) is 0. The first kappa shape index (κ1) is 18.4. The SMILES string of the molecule is CC1(C)C(OC(=O)C2CC3C=CC2C3)C(C)(C)C1OC(=O)C1CC2C=CC1C2. The highest BCUT2D eigenvalue weighted by Crippen LogP contribution is 2.58. The molecule has 0 aromatic heterocycles. The average Bonchev–Trinajstić information content (AvgIpc) is 3.43. The fourth-order valence-electron chi connectivity index (χ4n) is 7.21. The molecule has 5 rings (SSSR count). The Kier molecular flexibility index (Phi) is 3.93. The summed E-state index contributed by atoms with van der Waals surface area (Å²) in [5.41, 5.74) is -0.731. The number of carbonyl (C=O) groups excluding carboxylic acids is 2. The second-order valence-electron chi connectivity index (χ2n) is 11.1. The van der Waals surface area contributed by atoms with E-state index in [4.69, 9.17) is 9.47 Å². The van der Waals surface area contributed by atoms with Gasteiger partial charge in [-0.1, -0.05) is 52.0 Å². The topological polar surface area (TPSA) is 52.6 Å². The van der Waals surface area contributed by atoms with E-state index in [-0.39, 0.29) is 46.8 Å². The van der Waals surface area contributed by atoms with Crippen LogP contribution in [0.4, 0.5) is 0 Å². The molecule has 0 amide bonds. The third kappa shape index (κ3) is 2.55. The number of fused-ring (bicyclic) bond motifs is 4. The zero-order chi connectivity index (χ0) is 19.8. The summed E-state index contributed by atoms with van der Waals surface area (Å²) in [6.07, 6.45) is 12.4. The highest BCUT2D eigenvalue weighted by atomic mass is 16.6. The normalized spacial score (nSPS) is 45.9. The number of esters is 2. The molecular formula is C24H32O4. The largest absolute Gasteiger partial charge is 0.461 e. The molecule has 3 fully saturated rings. The van der Waals surface area contributed by atoms with Crippen molar-refractivity contribution in [3.8, 4) is 0 Å². The summed E-state index contributed by atoms with van der Waals surface area (Å²) in [5.74, 6) is 1.68. The molecule has 152 valence electrons. The molecule has 3 saturated carbocycles. The van der Waals surface area contributed by atoms with Crippen molar-refractivity contribution in [1.82, 2.24) is 0 Å². The summed E-state index contributed by atoms with van der Waals surface area (Å²) < 4.78 is 12.1. The minimum Gasteiger partial charge on any atom is -0.461 e. The quantitative estimate of drug-likeness (QED) is 0.536. The smallest absolute Gasteiger partial charge is 0.309 e. The van der Waals surface area contributed by atoms with Crippen molar-refractivity contribution >= 4 is 11.9 Å². The van der Waals surface area contributed by atoms with Crippen LogP contribution in [0, 0.1) is 46.3 Å². The number of ether oxygens (including phenoxy) is 2. The van der Waals surface area contributed by atoms with Crippen LogP contribution in [0.25, 0.3) is 0 Å². The van der Waals surface area contributed by atoms with Crippen LogP contribution in [0.15, 0.2) is 24.3 Å². The van der Waals surface area contributed by atoms with Crippen LogP contribution >= 0.6 is 0 Å². The highest BCUT2D eigenvalue weighted by molar-refractivity contribution is 5.75. The molecule has 5 aliphatic rings. The molecule has 6 unspecified atom stereocenters. The first-order chi connectivity index (χ1) is 13.2. The molecular weight excluding hydrogens is 352 g/mol. The summed E-state index contributed by atoms with van der Waals surface area (Å²) >= 11 is 0. The molecule has 0 N–H and O–H groups in total. The van der Waals surface area contributed by atoms with Crippen molar-refractivity contribution in [3.05, 3.63) is 24.3 Å². The lowest BCUT2D eigenvalue weighted by Gasteiger charge is -2.61. The van der Waals surface area contributed by atoms with Crippen LogP contribution in [-0.4, -0.2) is 24.1 Å². The van der Waals surface area contributed by atoms with Gasteiger partial charge in [0.2, 0.25) is 0 Å². The van der Waals surface area contributed by atoms with Crippen molar-refractivity contribution < 1.29 is 19.1 Å². The Balaban J connectivity index is 1.24. The predicted octanol–water partition coefficient (Wildman–Crippen LogP) is 4.30. The van der Waals surface area contributed by atoms with Crippen molar-refractivity contribution in [1.29, 1.82) is 0 Å². The summed E-state index contributed by atoms with van der Waals surface area (Å²) in [4.78, 5) is 25.7. The molecule has 0 radical (unpaired) electrons. The first-order valence-electron chi connectivity index (χ1n) is 11.0. The fourth-order valence-corrected chi connectivity index (χ4v) is 7.21. The Morgan fingerprint density at radius 1 is 0.679 bits per heavy atom. The maximum Gasteiger partial charge on any atom is 0.309 e. The number of carbonyl (C=O) groups is 2. The van der Waals surface area contributed by atoms with E-state index in [0.29, 0.717) is 23.7 Å². The summed E-state index contributed by atoms with van der Waals surface area (Å²) in [6, 6.07) is 0. The lowest BCUT2D eigenvalue weighted by molar-refractivity contribution is -0.271. The molecule has 0 aliphatic heterocycles. The molecule has 0 saturated heterocycles. The third-order valence-corrected chi connectivity index (χ3v) is 8.33. The van der Waals surface area contributed by atoms with Gasteiger partial charge in [0, 0.05) is 10.8 Å². The molecule has 5 aliphatic carbocycles. The highest BCUT2D eigenvalue weighted by Gasteiger charge is 2.67. The number of rotatable bonds is 4. The van der Waals surface area contributed by atoms with E-state index in [9.17, 15) is 9.59 Å².